The van der Waals surface area contributed by atoms with E-state index in [0.29, 0.717) is 12.8 Å². The Labute approximate surface area is 91.9 Å². The van der Waals surface area contributed by atoms with Crippen LogP contribution in [0, 0.1) is 0 Å². The van der Waals surface area contributed by atoms with Gasteiger partial charge in [-0.25, -0.2) is 0 Å². The molecule has 0 atom stereocenters. The minimum Gasteiger partial charge on any atom is -0.396 e. The zero-order valence-corrected chi connectivity index (χ0v) is 9.61. The fraction of sp³-hybridized carbons (Fsp3) is 0.909. The Morgan fingerprint density at radius 2 is 1.60 bits per heavy atom. The third-order valence-electron chi connectivity index (χ3n) is 2.38. The van der Waals surface area contributed by atoms with Crippen LogP contribution in [0.15, 0.2) is 0 Å². The topological polar surface area (TPSA) is 60.8 Å². The van der Waals surface area contributed by atoms with Crippen molar-refractivity contribution >= 4 is 5.91 Å². The summed E-state index contributed by atoms with van der Waals surface area (Å²) < 4.78 is 0. The van der Waals surface area contributed by atoms with E-state index < -0.39 is 0 Å². The van der Waals surface area contributed by atoms with Crippen LogP contribution in [-0.4, -0.2) is 47.8 Å². The summed E-state index contributed by atoms with van der Waals surface area (Å²) in [6.07, 6.45) is 4.71. The van der Waals surface area contributed by atoms with Gasteiger partial charge in [0.05, 0.1) is 0 Å². The van der Waals surface area contributed by atoms with Crippen molar-refractivity contribution < 1.29 is 15.0 Å². The molecule has 0 aromatic carbocycles. The van der Waals surface area contributed by atoms with Gasteiger partial charge in [-0.2, -0.15) is 0 Å². The molecule has 4 nitrogen and oxygen atoms in total. The lowest BCUT2D eigenvalue weighted by atomic mass is 10.2. The molecule has 15 heavy (non-hydrogen) atoms. The number of rotatable bonds is 9. The minimum atomic E-state index is 0.146. The van der Waals surface area contributed by atoms with Gasteiger partial charge in [-0.1, -0.05) is 0 Å². The van der Waals surface area contributed by atoms with Crippen molar-refractivity contribution in [3.8, 4) is 0 Å². The summed E-state index contributed by atoms with van der Waals surface area (Å²) >= 11 is 0. The third-order valence-corrected chi connectivity index (χ3v) is 2.38. The van der Waals surface area contributed by atoms with E-state index in [9.17, 15) is 4.79 Å². The number of hydrogen-bond acceptors (Lipinski definition) is 3. The molecule has 0 unspecified atom stereocenters. The quantitative estimate of drug-likeness (QED) is 0.561. The second-order valence-electron chi connectivity index (χ2n) is 3.78. The summed E-state index contributed by atoms with van der Waals surface area (Å²) in [5.41, 5.74) is 0. The molecule has 0 aliphatic rings. The molecule has 0 aromatic heterocycles. The predicted octanol–water partition coefficient (Wildman–Crippen LogP) is 0.770. The molecule has 2 N–H and O–H groups in total. The maximum Gasteiger partial charge on any atom is 0.222 e. The van der Waals surface area contributed by atoms with Gasteiger partial charge in [0.2, 0.25) is 5.91 Å². The largest absolute Gasteiger partial charge is 0.396 e. The number of aliphatic hydroxyl groups excluding tert-OH is 2. The van der Waals surface area contributed by atoms with Crippen LogP contribution >= 0.6 is 0 Å². The molecule has 0 spiro atoms. The van der Waals surface area contributed by atoms with Crippen LogP contribution in [-0.2, 0) is 4.79 Å². The molecule has 0 rings (SSSR count). The van der Waals surface area contributed by atoms with Crippen LogP contribution < -0.4 is 0 Å². The van der Waals surface area contributed by atoms with E-state index in [4.69, 9.17) is 10.2 Å². The maximum atomic E-state index is 11.5. The lowest BCUT2D eigenvalue weighted by Crippen LogP contribution is -2.27. The first-order valence-electron chi connectivity index (χ1n) is 5.68. The normalized spacial score (nSPS) is 10.3. The number of hydrogen-bond donors (Lipinski definition) is 2. The summed E-state index contributed by atoms with van der Waals surface area (Å²) in [5, 5.41) is 17.1. The van der Waals surface area contributed by atoms with Crippen molar-refractivity contribution in [2.45, 2.75) is 38.5 Å². The Hall–Kier alpha value is -0.610. The highest BCUT2D eigenvalue weighted by Gasteiger charge is 2.06. The van der Waals surface area contributed by atoms with Gasteiger partial charge in [-0.15, -0.1) is 0 Å². The van der Waals surface area contributed by atoms with Crippen LogP contribution in [0.5, 0.6) is 0 Å². The smallest absolute Gasteiger partial charge is 0.222 e. The van der Waals surface area contributed by atoms with Gasteiger partial charge in [0.15, 0.2) is 0 Å². The molecule has 0 aliphatic heterocycles. The van der Waals surface area contributed by atoms with Gasteiger partial charge in [0, 0.05) is 33.2 Å². The first-order chi connectivity index (χ1) is 7.22. The van der Waals surface area contributed by atoms with Crippen molar-refractivity contribution in [3.63, 3.8) is 0 Å². The molecule has 1 amide bonds. The Balaban J connectivity index is 3.42. The van der Waals surface area contributed by atoms with E-state index in [0.717, 1.165) is 32.2 Å². The molecular weight excluding hydrogens is 194 g/mol. The lowest BCUT2D eigenvalue weighted by molar-refractivity contribution is -0.130. The summed E-state index contributed by atoms with van der Waals surface area (Å²) in [7, 11) is 1.81. The Morgan fingerprint density at radius 1 is 1.00 bits per heavy atom. The van der Waals surface area contributed by atoms with Gasteiger partial charge in [0.1, 0.15) is 0 Å². The SMILES string of the molecule is CN(CCCCCO)C(=O)CCCCO. The van der Waals surface area contributed by atoms with Gasteiger partial charge in [0.25, 0.3) is 0 Å². The van der Waals surface area contributed by atoms with E-state index in [1.54, 1.807) is 11.9 Å². The number of nitrogens with zero attached hydrogens (tertiary/aromatic N) is 1. The molecule has 0 saturated heterocycles. The molecule has 0 radical (unpaired) electrons. The number of carbonyl (C=O) groups excluding carboxylic acids is 1. The van der Waals surface area contributed by atoms with Crippen LogP contribution in [0.3, 0.4) is 0 Å². The van der Waals surface area contributed by atoms with Crippen LogP contribution in [0.1, 0.15) is 38.5 Å². The highest BCUT2D eigenvalue weighted by Crippen LogP contribution is 2.02. The monoisotopic (exact) mass is 217 g/mol. The molecule has 0 saturated carbocycles. The minimum absolute atomic E-state index is 0.146. The van der Waals surface area contributed by atoms with Crippen molar-refractivity contribution in [2.24, 2.45) is 0 Å². The van der Waals surface area contributed by atoms with E-state index in [-0.39, 0.29) is 19.1 Å². The van der Waals surface area contributed by atoms with E-state index in [1.165, 1.54) is 0 Å². The molecule has 0 aliphatic carbocycles. The van der Waals surface area contributed by atoms with Gasteiger partial charge in [-0.3, -0.25) is 4.79 Å². The first kappa shape index (κ1) is 14.4. The van der Waals surface area contributed by atoms with Crippen molar-refractivity contribution in [1.29, 1.82) is 0 Å². The summed E-state index contributed by atoms with van der Waals surface area (Å²) in [6.45, 7) is 1.15. The molecule has 4 heteroatoms. The van der Waals surface area contributed by atoms with Gasteiger partial charge in [-0.05, 0) is 32.1 Å². The van der Waals surface area contributed by atoms with E-state index >= 15 is 0 Å². The predicted molar refractivity (Wildman–Crippen MR) is 59.5 cm³/mol. The molecular formula is C11H23NO3. The van der Waals surface area contributed by atoms with Crippen LogP contribution in [0.4, 0.5) is 0 Å². The number of aliphatic hydroxyl groups is 2. The molecule has 0 bridgehead atoms. The van der Waals surface area contributed by atoms with Crippen LogP contribution in [0.25, 0.3) is 0 Å². The van der Waals surface area contributed by atoms with E-state index in [1.807, 2.05) is 0 Å². The number of carbonyl (C=O) groups is 1. The molecule has 0 aromatic rings. The van der Waals surface area contributed by atoms with Crippen molar-refractivity contribution in [2.75, 3.05) is 26.8 Å². The van der Waals surface area contributed by atoms with Crippen LogP contribution in [0.2, 0.25) is 0 Å². The van der Waals surface area contributed by atoms with Crippen molar-refractivity contribution in [3.05, 3.63) is 0 Å². The Bertz CT molecular complexity index is 162. The van der Waals surface area contributed by atoms with Gasteiger partial charge < -0.3 is 15.1 Å². The average molecular weight is 217 g/mol. The fourth-order valence-corrected chi connectivity index (χ4v) is 1.34. The molecule has 90 valence electrons. The molecule has 0 fully saturated rings. The maximum absolute atomic E-state index is 11.5. The second-order valence-corrected chi connectivity index (χ2v) is 3.78. The highest BCUT2D eigenvalue weighted by atomic mass is 16.3. The zero-order valence-electron chi connectivity index (χ0n) is 9.61. The summed E-state index contributed by atoms with van der Waals surface area (Å²) in [4.78, 5) is 13.2. The fourth-order valence-electron chi connectivity index (χ4n) is 1.34. The zero-order chi connectivity index (χ0) is 11.5. The van der Waals surface area contributed by atoms with E-state index in [2.05, 4.69) is 0 Å². The average Bonchev–Trinajstić information content (AvgIpc) is 2.24. The third kappa shape index (κ3) is 8.39. The second kappa shape index (κ2) is 9.93. The highest BCUT2D eigenvalue weighted by molar-refractivity contribution is 5.75. The Kier molecular flexibility index (Phi) is 9.52. The molecule has 0 heterocycles. The van der Waals surface area contributed by atoms with Gasteiger partial charge >= 0.3 is 0 Å². The first-order valence-corrected chi connectivity index (χ1v) is 5.68. The summed E-state index contributed by atoms with van der Waals surface area (Å²) in [6, 6.07) is 0. The summed E-state index contributed by atoms with van der Waals surface area (Å²) in [5.74, 6) is 0.146. The Morgan fingerprint density at radius 3 is 2.20 bits per heavy atom. The number of unbranched alkanes of at least 4 members (excludes halogenated alkanes) is 3. The number of amides is 1. The lowest BCUT2D eigenvalue weighted by Gasteiger charge is -2.16. The van der Waals surface area contributed by atoms with Crippen molar-refractivity contribution in [1.82, 2.24) is 4.90 Å². The standard InChI is InChI=1S/C11H23NO3/c1-12(8-4-2-5-9-13)11(15)7-3-6-10-14/h13-14H,2-10H2,1H3.